The number of ether oxygens (including phenoxy) is 1. The molecule has 1 aliphatic carbocycles. The van der Waals surface area contributed by atoms with E-state index in [0.29, 0.717) is 12.0 Å². The highest BCUT2D eigenvalue weighted by Crippen LogP contribution is 2.28. The summed E-state index contributed by atoms with van der Waals surface area (Å²) in [6.45, 7) is 1.88. The molecule has 0 bridgehead atoms. The molecular weight excluding hydrogens is 466 g/mol. The highest BCUT2D eigenvalue weighted by atomic mass is 79.9. The van der Waals surface area contributed by atoms with Gasteiger partial charge in [0.15, 0.2) is 0 Å². The third-order valence-corrected chi connectivity index (χ3v) is 6.96. The minimum atomic E-state index is 0.426. The van der Waals surface area contributed by atoms with Crippen molar-refractivity contribution >= 4 is 38.6 Å². The fourth-order valence-electron chi connectivity index (χ4n) is 4.38. The number of halogens is 1. The predicted molar refractivity (Wildman–Crippen MR) is 136 cm³/mol. The van der Waals surface area contributed by atoms with Gasteiger partial charge in [0.25, 0.3) is 0 Å². The van der Waals surface area contributed by atoms with Gasteiger partial charge in [-0.05, 0) is 74.0 Å². The van der Waals surface area contributed by atoms with E-state index in [1.54, 1.807) is 7.11 Å². The van der Waals surface area contributed by atoms with Crippen LogP contribution < -0.4 is 20.3 Å². The molecule has 1 aromatic heterocycles. The normalized spacial score (nSPS) is 18.5. The summed E-state index contributed by atoms with van der Waals surface area (Å²) in [6, 6.07) is 14.7. The zero-order valence-electron chi connectivity index (χ0n) is 19.1. The fourth-order valence-corrected chi connectivity index (χ4v) is 4.77. The van der Waals surface area contributed by atoms with Gasteiger partial charge in [-0.3, -0.25) is 0 Å². The van der Waals surface area contributed by atoms with Gasteiger partial charge < -0.3 is 20.3 Å². The van der Waals surface area contributed by atoms with Gasteiger partial charge >= 0.3 is 0 Å². The third-order valence-electron chi connectivity index (χ3n) is 6.19. The molecule has 2 N–H and O–H groups in total. The van der Waals surface area contributed by atoms with Crippen LogP contribution in [0.4, 0.5) is 11.8 Å². The second-order valence-corrected chi connectivity index (χ2v) is 9.59. The van der Waals surface area contributed by atoms with E-state index in [-0.39, 0.29) is 0 Å². The Hall–Kier alpha value is -2.38. The average Bonchev–Trinajstić information content (AvgIpc) is 2.81. The van der Waals surface area contributed by atoms with E-state index in [9.17, 15) is 0 Å². The van der Waals surface area contributed by atoms with Crippen LogP contribution in [-0.2, 0) is 6.54 Å². The number of benzene rings is 2. The van der Waals surface area contributed by atoms with E-state index < -0.39 is 0 Å². The number of aromatic nitrogens is 2. The Labute approximate surface area is 198 Å². The van der Waals surface area contributed by atoms with Crippen molar-refractivity contribution in [2.75, 3.05) is 38.0 Å². The Morgan fingerprint density at radius 2 is 1.84 bits per heavy atom. The number of hydrogen-bond acceptors (Lipinski definition) is 6. The van der Waals surface area contributed by atoms with Crippen molar-refractivity contribution in [2.45, 2.75) is 38.3 Å². The van der Waals surface area contributed by atoms with Crippen LogP contribution >= 0.6 is 15.9 Å². The number of para-hydroxylation sites is 1. The average molecular weight is 498 g/mol. The van der Waals surface area contributed by atoms with Crippen LogP contribution in [0, 0.1) is 5.92 Å². The Morgan fingerprint density at radius 3 is 2.59 bits per heavy atom. The van der Waals surface area contributed by atoms with Crippen molar-refractivity contribution in [2.24, 2.45) is 5.92 Å². The molecule has 0 spiro atoms. The molecule has 7 heteroatoms. The SMILES string of the molecule is COc1ccc(Br)c(CNCC2CCC(Nc3nc(N(C)C)c4ccccc4n3)CC2)c1. The summed E-state index contributed by atoms with van der Waals surface area (Å²) in [5.41, 5.74) is 2.21. The Kier molecular flexibility index (Phi) is 7.48. The first-order valence-corrected chi connectivity index (χ1v) is 12.1. The first-order chi connectivity index (χ1) is 15.5. The molecule has 1 fully saturated rings. The van der Waals surface area contributed by atoms with Gasteiger partial charge in [0, 0.05) is 36.5 Å². The lowest BCUT2D eigenvalue weighted by molar-refractivity contribution is 0.323. The molecule has 1 heterocycles. The van der Waals surface area contributed by atoms with Crippen molar-refractivity contribution in [3.05, 3.63) is 52.5 Å². The summed E-state index contributed by atoms with van der Waals surface area (Å²) in [5, 5.41) is 8.32. The van der Waals surface area contributed by atoms with E-state index in [2.05, 4.69) is 49.7 Å². The highest BCUT2D eigenvalue weighted by Gasteiger charge is 2.22. The smallest absolute Gasteiger partial charge is 0.225 e. The van der Waals surface area contributed by atoms with Crippen LogP contribution in [0.1, 0.15) is 31.2 Å². The molecule has 0 unspecified atom stereocenters. The molecule has 4 rings (SSSR count). The summed E-state index contributed by atoms with van der Waals surface area (Å²) in [5.74, 6) is 3.29. The van der Waals surface area contributed by atoms with Crippen LogP contribution in [0.2, 0.25) is 0 Å². The van der Waals surface area contributed by atoms with Crippen molar-refractivity contribution in [3.63, 3.8) is 0 Å². The quantitative estimate of drug-likeness (QED) is 0.444. The first-order valence-electron chi connectivity index (χ1n) is 11.3. The minimum Gasteiger partial charge on any atom is -0.497 e. The number of anilines is 2. The molecule has 0 radical (unpaired) electrons. The maximum absolute atomic E-state index is 5.34. The summed E-state index contributed by atoms with van der Waals surface area (Å²) < 4.78 is 6.46. The van der Waals surface area contributed by atoms with Crippen LogP contribution in [-0.4, -0.2) is 43.8 Å². The Morgan fingerprint density at radius 1 is 1.06 bits per heavy atom. The van der Waals surface area contributed by atoms with Gasteiger partial charge in [0.05, 0.1) is 12.6 Å². The third kappa shape index (κ3) is 5.51. The van der Waals surface area contributed by atoms with E-state index in [1.807, 2.05) is 38.4 Å². The lowest BCUT2D eigenvalue weighted by atomic mass is 9.86. The van der Waals surface area contributed by atoms with Crippen LogP contribution in [0.15, 0.2) is 46.9 Å². The largest absolute Gasteiger partial charge is 0.497 e. The maximum atomic E-state index is 5.34. The van der Waals surface area contributed by atoms with Crippen molar-refractivity contribution in [1.82, 2.24) is 15.3 Å². The van der Waals surface area contributed by atoms with Crippen molar-refractivity contribution in [3.8, 4) is 5.75 Å². The molecule has 0 atom stereocenters. The molecule has 0 saturated heterocycles. The first kappa shape index (κ1) is 22.8. The molecule has 3 aromatic rings. The second-order valence-electron chi connectivity index (χ2n) is 8.73. The Bertz CT molecular complexity index is 1050. The molecule has 0 amide bonds. The molecule has 6 nitrogen and oxygen atoms in total. The topological polar surface area (TPSA) is 62.3 Å². The van der Waals surface area contributed by atoms with Gasteiger partial charge in [0.2, 0.25) is 5.95 Å². The van der Waals surface area contributed by atoms with E-state index in [4.69, 9.17) is 14.7 Å². The van der Waals surface area contributed by atoms with Gasteiger partial charge in [-0.25, -0.2) is 4.98 Å². The number of nitrogens with zero attached hydrogens (tertiary/aromatic N) is 3. The van der Waals surface area contributed by atoms with Gasteiger partial charge in [0.1, 0.15) is 11.6 Å². The summed E-state index contributed by atoms with van der Waals surface area (Å²) >= 11 is 3.64. The maximum Gasteiger partial charge on any atom is 0.225 e. The Balaban J connectivity index is 1.29. The van der Waals surface area contributed by atoms with Crippen LogP contribution in [0.3, 0.4) is 0 Å². The van der Waals surface area contributed by atoms with Gasteiger partial charge in [-0.1, -0.05) is 28.1 Å². The summed E-state index contributed by atoms with van der Waals surface area (Å²) in [7, 11) is 5.76. The molecule has 1 aliphatic rings. The number of nitrogens with one attached hydrogen (secondary N) is 2. The van der Waals surface area contributed by atoms with E-state index in [1.165, 1.54) is 18.4 Å². The number of rotatable bonds is 8. The number of methoxy groups -OCH3 is 1. The van der Waals surface area contributed by atoms with Gasteiger partial charge in [-0.2, -0.15) is 4.98 Å². The van der Waals surface area contributed by atoms with E-state index in [0.717, 1.165) is 58.8 Å². The van der Waals surface area contributed by atoms with Crippen LogP contribution in [0.25, 0.3) is 10.9 Å². The molecule has 170 valence electrons. The second kappa shape index (κ2) is 10.5. The minimum absolute atomic E-state index is 0.426. The summed E-state index contributed by atoms with van der Waals surface area (Å²) in [4.78, 5) is 11.6. The number of fused-ring (bicyclic) bond motifs is 1. The highest BCUT2D eigenvalue weighted by molar-refractivity contribution is 9.10. The monoisotopic (exact) mass is 497 g/mol. The lowest BCUT2D eigenvalue weighted by Gasteiger charge is -2.29. The molecule has 32 heavy (non-hydrogen) atoms. The molecule has 2 aromatic carbocycles. The summed E-state index contributed by atoms with van der Waals surface area (Å²) in [6.07, 6.45) is 4.70. The predicted octanol–water partition coefficient (Wildman–Crippen LogP) is 5.23. The van der Waals surface area contributed by atoms with E-state index >= 15 is 0 Å². The standard InChI is InChI=1S/C25H32BrN5O/c1-31(2)24-21-6-4-5-7-23(21)29-25(30-24)28-19-10-8-17(9-11-19)15-27-16-18-14-20(32-3)12-13-22(18)26/h4-7,12-14,17,19,27H,8-11,15-16H2,1-3H3,(H,28,29,30). The fraction of sp³-hybridized carbons (Fsp3) is 0.440. The zero-order valence-corrected chi connectivity index (χ0v) is 20.7. The zero-order chi connectivity index (χ0) is 22.5. The van der Waals surface area contributed by atoms with Crippen LogP contribution in [0.5, 0.6) is 5.75 Å². The molecule has 1 saturated carbocycles. The van der Waals surface area contributed by atoms with Crippen molar-refractivity contribution in [1.29, 1.82) is 0 Å². The lowest BCUT2D eigenvalue weighted by Crippen LogP contribution is -2.31. The molecule has 0 aliphatic heterocycles. The molecular formula is C25H32BrN5O. The van der Waals surface area contributed by atoms with Crippen molar-refractivity contribution < 1.29 is 4.74 Å². The van der Waals surface area contributed by atoms with Gasteiger partial charge in [-0.15, -0.1) is 0 Å². The number of hydrogen-bond donors (Lipinski definition) is 2.